The fraction of sp³-hybridized carbons (Fsp3) is 0.758. The maximum absolute atomic E-state index is 13.8. The molecule has 0 fully saturated rings. The highest BCUT2D eigenvalue weighted by Gasteiger charge is 2.37. The third-order valence-corrected chi connectivity index (χ3v) is 8.95. The van der Waals surface area contributed by atoms with Crippen molar-refractivity contribution >= 4 is 54.9 Å². The predicted molar refractivity (Wildman–Crippen MR) is 210 cm³/mol. The lowest BCUT2D eigenvalue weighted by atomic mass is 10.0. The van der Waals surface area contributed by atoms with Crippen molar-refractivity contribution in [2.24, 2.45) is 45.5 Å². The van der Waals surface area contributed by atoms with Crippen LogP contribution in [0.1, 0.15) is 79.6 Å². The standard InChI is InChI=1S/C33H65N12O11P/c1-17(2)13-20(35)27(48)41-21(9-6-7-11-34)29(50)42-22(10-8-12-39-33(37)38)30(51)44-24(16-57(54,55)56)31(52)45-26(19(5)46)32(53)43-23(14-18(3)4)28(49)40-15-25(36)47/h17-24,26,46H,6-16,34-35H2,1-5H3,(H2,36,47)(H,40,49)(H,41,48)(H,42,50)(H,43,53)(H,44,51)(H,45,52)(H4,37,38,39)(H2,54,55,56)/t19-,20+,21+,22+,23+,24+,26+/m1/s1. The van der Waals surface area contributed by atoms with Gasteiger partial charge in [0.15, 0.2) is 5.96 Å². The number of rotatable bonds is 28. The van der Waals surface area contributed by atoms with Crippen molar-refractivity contribution in [1.29, 1.82) is 0 Å². The van der Waals surface area contributed by atoms with Gasteiger partial charge in [-0.3, -0.25) is 43.1 Å². The largest absolute Gasteiger partial charge is 0.391 e. The Morgan fingerprint density at radius 2 is 1.14 bits per heavy atom. The second-order valence-electron chi connectivity index (χ2n) is 14.6. The van der Waals surface area contributed by atoms with E-state index in [1.54, 1.807) is 13.8 Å². The lowest BCUT2D eigenvalue weighted by molar-refractivity contribution is -0.136. The highest BCUT2D eigenvalue weighted by molar-refractivity contribution is 7.51. The van der Waals surface area contributed by atoms with E-state index in [4.69, 9.17) is 28.7 Å². The second-order valence-corrected chi connectivity index (χ2v) is 16.3. The van der Waals surface area contributed by atoms with E-state index in [0.717, 1.165) is 6.92 Å². The Morgan fingerprint density at radius 3 is 1.61 bits per heavy atom. The molecule has 0 aromatic carbocycles. The Hall–Kier alpha value is -4.41. The molecule has 0 bridgehead atoms. The molecule has 0 spiro atoms. The Kier molecular flexibility index (Phi) is 24.4. The third kappa shape index (κ3) is 23.4. The van der Waals surface area contributed by atoms with Crippen LogP contribution in [-0.2, 0) is 38.1 Å². The van der Waals surface area contributed by atoms with Crippen LogP contribution in [0.4, 0.5) is 0 Å². The van der Waals surface area contributed by atoms with E-state index in [1.165, 1.54) is 0 Å². The molecule has 7 atom stereocenters. The van der Waals surface area contributed by atoms with Gasteiger partial charge in [-0.15, -0.1) is 0 Å². The van der Waals surface area contributed by atoms with E-state index in [9.17, 15) is 53.0 Å². The number of nitrogens with two attached hydrogens (primary N) is 5. The van der Waals surface area contributed by atoms with Crippen LogP contribution in [0.2, 0.25) is 0 Å². The lowest BCUT2D eigenvalue weighted by Crippen LogP contribution is -2.62. The number of nitrogens with one attached hydrogen (secondary N) is 6. The first kappa shape index (κ1) is 52.6. The third-order valence-electron chi connectivity index (χ3n) is 8.11. The molecule has 0 saturated carbocycles. The molecule has 0 aliphatic carbocycles. The SMILES string of the molecule is CC(C)C[C@H](NC(=O)[C@@H](NC(=O)[C@H](CP(=O)(O)O)NC(=O)[C@H](CCCN=C(N)N)NC(=O)[C@H](CCCCN)NC(=O)[C@@H](N)CC(C)C)[C@@H](C)O)C(=O)NCC(N)=O. The minimum Gasteiger partial charge on any atom is -0.391 e. The molecule has 328 valence electrons. The van der Waals surface area contributed by atoms with Gasteiger partial charge in [0.25, 0.3) is 0 Å². The number of amides is 7. The van der Waals surface area contributed by atoms with E-state index >= 15 is 0 Å². The Bertz CT molecular complexity index is 1420. The number of carbonyl (C=O) groups excluding carboxylic acids is 7. The van der Waals surface area contributed by atoms with Crippen molar-refractivity contribution in [2.75, 3.05) is 25.8 Å². The van der Waals surface area contributed by atoms with Crippen LogP contribution in [-0.4, -0.2) is 130 Å². The zero-order valence-corrected chi connectivity index (χ0v) is 34.3. The van der Waals surface area contributed by atoms with Crippen molar-refractivity contribution in [1.82, 2.24) is 31.9 Å². The van der Waals surface area contributed by atoms with Crippen molar-refractivity contribution < 1.29 is 53.0 Å². The van der Waals surface area contributed by atoms with Crippen molar-refractivity contribution in [3.63, 3.8) is 0 Å². The van der Waals surface area contributed by atoms with Gasteiger partial charge in [-0.2, -0.15) is 0 Å². The number of nitrogens with zero attached hydrogens (tertiary/aromatic N) is 1. The Balaban J connectivity index is 6.50. The molecule has 0 saturated heterocycles. The smallest absolute Gasteiger partial charge is 0.328 e. The molecule has 24 heteroatoms. The van der Waals surface area contributed by atoms with Crippen LogP contribution in [0.5, 0.6) is 0 Å². The fourth-order valence-corrected chi connectivity index (χ4v) is 6.06. The van der Waals surface area contributed by atoms with Crippen LogP contribution in [0.3, 0.4) is 0 Å². The number of carbonyl (C=O) groups is 7. The molecule has 0 rings (SSSR count). The average Bonchev–Trinajstić information content (AvgIpc) is 3.07. The molecule has 0 aliphatic heterocycles. The van der Waals surface area contributed by atoms with Crippen LogP contribution < -0.4 is 60.6 Å². The van der Waals surface area contributed by atoms with E-state index in [1.807, 2.05) is 13.8 Å². The number of hydrogen-bond acceptors (Lipinski definition) is 12. The predicted octanol–water partition coefficient (Wildman–Crippen LogP) is -4.83. The van der Waals surface area contributed by atoms with Gasteiger partial charge in [0, 0.05) is 6.54 Å². The Labute approximate surface area is 332 Å². The summed E-state index contributed by atoms with van der Waals surface area (Å²) in [7, 11) is -5.08. The van der Waals surface area contributed by atoms with Gasteiger partial charge in [0.1, 0.15) is 30.2 Å². The van der Waals surface area contributed by atoms with E-state index in [0.29, 0.717) is 25.8 Å². The minimum atomic E-state index is -5.08. The van der Waals surface area contributed by atoms with Gasteiger partial charge in [0.05, 0.1) is 24.9 Å². The number of unbranched alkanes of at least 4 members (excludes halogenated alkanes) is 1. The molecular weight excluding hydrogens is 771 g/mol. The fourth-order valence-electron chi connectivity index (χ4n) is 5.33. The molecule has 0 aromatic rings. The van der Waals surface area contributed by atoms with E-state index < -0.39 is 104 Å². The second kappa shape index (κ2) is 26.5. The van der Waals surface area contributed by atoms with Gasteiger partial charge in [0.2, 0.25) is 41.4 Å². The van der Waals surface area contributed by atoms with Gasteiger partial charge in [-0.25, -0.2) is 0 Å². The van der Waals surface area contributed by atoms with Crippen molar-refractivity contribution in [2.45, 2.75) is 122 Å². The molecule has 23 nitrogen and oxygen atoms in total. The summed E-state index contributed by atoms with van der Waals surface area (Å²) in [6.45, 7) is 8.09. The van der Waals surface area contributed by atoms with Crippen LogP contribution in [0.25, 0.3) is 0 Å². The summed E-state index contributed by atoms with van der Waals surface area (Å²) < 4.78 is 12.2. The van der Waals surface area contributed by atoms with Crippen LogP contribution in [0, 0.1) is 11.8 Å². The van der Waals surface area contributed by atoms with Crippen LogP contribution >= 0.6 is 7.60 Å². The highest BCUT2D eigenvalue weighted by Crippen LogP contribution is 2.35. The molecule has 0 aromatic heterocycles. The van der Waals surface area contributed by atoms with Gasteiger partial charge < -0.3 is 75.5 Å². The highest BCUT2D eigenvalue weighted by atomic mass is 31.2. The summed E-state index contributed by atoms with van der Waals surface area (Å²) in [4.78, 5) is 115. The lowest BCUT2D eigenvalue weighted by Gasteiger charge is -2.28. The molecule has 57 heavy (non-hydrogen) atoms. The number of aliphatic hydroxyl groups is 1. The molecule has 0 unspecified atom stereocenters. The first-order chi connectivity index (χ1) is 26.4. The van der Waals surface area contributed by atoms with Gasteiger partial charge in [-0.1, -0.05) is 27.7 Å². The number of hydrogen-bond donors (Lipinski definition) is 14. The number of aliphatic imine (C=N–C) groups is 1. The molecular formula is C33H65N12O11P. The first-order valence-corrected chi connectivity index (χ1v) is 20.5. The molecule has 0 heterocycles. The first-order valence-electron chi connectivity index (χ1n) is 18.7. The van der Waals surface area contributed by atoms with E-state index in [-0.39, 0.29) is 50.0 Å². The quantitative estimate of drug-likeness (QED) is 0.0152. The molecule has 7 amide bonds. The monoisotopic (exact) mass is 836 g/mol. The van der Waals surface area contributed by atoms with Gasteiger partial charge >= 0.3 is 7.60 Å². The molecule has 0 aliphatic rings. The topological polar surface area (TPSA) is 412 Å². The number of primary amides is 1. The van der Waals surface area contributed by atoms with Crippen LogP contribution in [0.15, 0.2) is 4.99 Å². The molecule has 19 N–H and O–H groups in total. The minimum absolute atomic E-state index is 0.00135. The number of aliphatic hydroxyl groups excluding tert-OH is 1. The maximum atomic E-state index is 13.8. The summed E-state index contributed by atoms with van der Waals surface area (Å²) in [5.41, 5.74) is 27.5. The van der Waals surface area contributed by atoms with Crippen molar-refractivity contribution in [3.05, 3.63) is 0 Å². The average molecular weight is 837 g/mol. The van der Waals surface area contributed by atoms with Crippen molar-refractivity contribution in [3.8, 4) is 0 Å². The Morgan fingerprint density at radius 1 is 0.649 bits per heavy atom. The maximum Gasteiger partial charge on any atom is 0.328 e. The summed E-state index contributed by atoms with van der Waals surface area (Å²) in [5, 5.41) is 24.6. The zero-order valence-electron chi connectivity index (χ0n) is 33.4. The van der Waals surface area contributed by atoms with E-state index in [2.05, 4.69) is 36.9 Å². The summed E-state index contributed by atoms with van der Waals surface area (Å²) >= 11 is 0. The number of guanidine groups is 1. The summed E-state index contributed by atoms with van der Waals surface area (Å²) in [5.74, 6) is -6.89. The zero-order chi connectivity index (χ0) is 44.0. The normalized spacial score (nSPS) is 15.2. The van der Waals surface area contributed by atoms with Gasteiger partial charge in [-0.05, 0) is 70.3 Å². The summed E-state index contributed by atoms with van der Waals surface area (Å²) in [6, 6.07) is -8.70. The molecule has 0 radical (unpaired) electrons. The summed E-state index contributed by atoms with van der Waals surface area (Å²) in [6.07, 6.45) is -1.58.